The predicted molar refractivity (Wildman–Crippen MR) is 70.5 cm³/mol. The number of hydrogen-bond donors (Lipinski definition) is 2. The summed E-state index contributed by atoms with van der Waals surface area (Å²) in [5, 5.41) is 8.43. The van der Waals surface area contributed by atoms with E-state index >= 15 is 0 Å². The number of nitrogens with zero attached hydrogens (tertiary/aromatic N) is 3. The summed E-state index contributed by atoms with van der Waals surface area (Å²) in [5.41, 5.74) is 5.23. The second kappa shape index (κ2) is 5.60. The highest BCUT2D eigenvalue weighted by Gasteiger charge is 2.24. The van der Waals surface area contributed by atoms with Gasteiger partial charge in [0.2, 0.25) is 11.1 Å². The van der Waals surface area contributed by atoms with Gasteiger partial charge in [-0.15, -0.1) is 10.2 Å². The minimum atomic E-state index is -0.373. The van der Waals surface area contributed by atoms with Crippen molar-refractivity contribution in [2.75, 3.05) is 5.84 Å². The molecule has 4 N–H and O–H groups in total. The highest BCUT2D eigenvalue weighted by molar-refractivity contribution is 8.00. The largest absolute Gasteiger partial charge is 0.369 e. The number of nitrogen functional groups attached to an aromatic ring is 1. The van der Waals surface area contributed by atoms with Gasteiger partial charge in [0, 0.05) is 5.92 Å². The number of nitrogens with two attached hydrogens (primary N) is 2. The lowest BCUT2D eigenvalue weighted by Gasteiger charge is -2.20. The highest BCUT2D eigenvalue weighted by atomic mass is 32.2. The Balaban J connectivity index is 2.10. The Morgan fingerprint density at radius 3 is 2.67 bits per heavy atom. The maximum atomic E-state index is 11.0. The van der Waals surface area contributed by atoms with E-state index in [1.54, 1.807) is 6.92 Å². The van der Waals surface area contributed by atoms with Crippen molar-refractivity contribution in [3.05, 3.63) is 5.82 Å². The molecule has 1 amide bonds. The summed E-state index contributed by atoms with van der Waals surface area (Å²) in [6.07, 6.45) is 5.96. The fourth-order valence-corrected chi connectivity index (χ4v) is 2.95. The first-order valence-corrected chi connectivity index (χ1v) is 7.14. The van der Waals surface area contributed by atoms with E-state index in [-0.39, 0.29) is 11.2 Å². The molecule has 1 aliphatic carbocycles. The van der Waals surface area contributed by atoms with E-state index < -0.39 is 0 Å². The van der Waals surface area contributed by atoms with E-state index in [9.17, 15) is 4.79 Å². The molecule has 1 saturated carbocycles. The van der Waals surface area contributed by atoms with Gasteiger partial charge in [-0.3, -0.25) is 4.79 Å². The Morgan fingerprint density at radius 1 is 1.39 bits per heavy atom. The standard InChI is InChI=1S/C11H19N5OS/c1-7(9(12)17)18-11-15-14-10(16(11)13)8-5-3-2-4-6-8/h7-8H,2-6,13H2,1H3,(H2,12,17). The lowest BCUT2D eigenvalue weighted by atomic mass is 9.89. The molecule has 1 aromatic rings. The van der Waals surface area contributed by atoms with E-state index in [0.717, 1.165) is 18.7 Å². The van der Waals surface area contributed by atoms with Gasteiger partial charge in [0.05, 0.1) is 5.25 Å². The molecule has 1 aliphatic rings. The number of carbonyl (C=O) groups excluding carboxylic acids is 1. The summed E-state index contributed by atoms with van der Waals surface area (Å²) in [6.45, 7) is 1.74. The monoisotopic (exact) mass is 269 g/mol. The molecule has 0 aromatic carbocycles. The van der Waals surface area contributed by atoms with Crippen LogP contribution in [0.4, 0.5) is 0 Å². The van der Waals surface area contributed by atoms with Gasteiger partial charge in [0.1, 0.15) is 0 Å². The molecule has 6 nitrogen and oxygen atoms in total. The first-order chi connectivity index (χ1) is 8.59. The first-order valence-electron chi connectivity index (χ1n) is 6.26. The first kappa shape index (κ1) is 13.2. The quantitative estimate of drug-likeness (QED) is 0.627. The van der Waals surface area contributed by atoms with Crippen LogP contribution in [-0.4, -0.2) is 26.0 Å². The molecule has 18 heavy (non-hydrogen) atoms. The van der Waals surface area contributed by atoms with Gasteiger partial charge in [-0.25, -0.2) is 4.68 Å². The number of thioether (sulfide) groups is 1. The third-order valence-electron chi connectivity index (χ3n) is 3.34. The zero-order chi connectivity index (χ0) is 13.1. The molecule has 2 rings (SSSR count). The van der Waals surface area contributed by atoms with Crippen LogP contribution in [0.2, 0.25) is 0 Å². The molecule has 1 fully saturated rings. The van der Waals surface area contributed by atoms with Gasteiger partial charge in [-0.1, -0.05) is 31.0 Å². The van der Waals surface area contributed by atoms with Gasteiger partial charge >= 0.3 is 0 Å². The van der Waals surface area contributed by atoms with Crippen LogP contribution < -0.4 is 11.6 Å². The van der Waals surface area contributed by atoms with Crippen LogP contribution in [0.15, 0.2) is 5.16 Å². The maximum Gasteiger partial charge on any atom is 0.230 e. The second-order valence-corrected chi connectivity index (χ2v) is 6.02. The van der Waals surface area contributed by atoms with Gasteiger partial charge < -0.3 is 11.6 Å². The topological polar surface area (TPSA) is 99.8 Å². The molecular formula is C11H19N5OS. The zero-order valence-electron chi connectivity index (χ0n) is 10.5. The van der Waals surface area contributed by atoms with Crippen LogP contribution >= 0.6 is 11.8 Å². The Hall–Kier alpha value is -1.24. The number of primary amides is 1. The van der Waals surface area contributed by atoms with Crippen LogP contribution in [0.3, 0.4) is 0 Å². The van der Waals surface area contributed by atoms with E-state index in [1.807, 2.05) is 0 Å². The fraction of sp³-hybridized carbons (Fsp3) is 0.727. The summed E-state index contributed by atoms with van der Waals surface area (Å²) < 4.78 is 1.51. The van der Waals surface area contributed by atoms with Crippen molar-refractivity contribution >= 4 is 17.7 Å². The van der Waals surface area contributed by atoms with Crippen molar-refractivity contribution in [2.24, 2.45) is 5.73 Å². The lowest BCUT2D eigenvalue weighted by Crippen LogP contribution is -2.24. The Kier molecular flexibility index (Phi) is 4.11. The highest BCUT2D eigenvalue weighted by Crippen LogP contribution is 2.32. The number of carbonyl (C=O) groups is 1. The van der Waals surface area contributed by atoms with Crippen LogP contribution in [0.1, 0.15) is 50.8 Å². The smallest absolute Gasteiger partial charge is 0.230 e. The number of rotatable bonds is 4. The minimum absolute atomic E-state index is 0.351. The van der Waals surface area contributed by atoms with Crippen molar-refractivity contribution in [1.29, 1.82) is 0 Å². The summed E-state index contributed by atoms with van der Waals surface area (Å²) in [7, 11) is 0. The molecule has 0 saturated heterocycles. The molecule has 1 aromatic heterocycles. The Labute approximate surface area is 110 Å². The Morgan fingerprint density at radius 2 is 2.06 bits per heavy atom. The van der Waals surface area contributed by atoms with Crippen LogP contribution in [-0.2, 0) is 4.79 Å². The molecule has 0 radical (unpaired) electrons. The number of amides is 1. The average Bonchev–Trinajstić information content (AvgIpc) is 2.72. The molecule has 0 spiro atoms. The molecule has 1 unspecified atom stereocenters. The maximum absolute atomic E-state index is 11.0. The van der Waals surface area contributed by atoms with Gasteiger partial charge in [0.15, 0.2) is 5.82 Å². The van der Waals surface area contributed by atoms with E-state index in [1.165, 1.54) is 35.7 Å². The van der Waals surface area contributed by atoms with Crippen molar-refractivity contribution in [3.8, 4) is 0 Å². The summed E-state index contributed by atoms with van der Waals surface area (Å²) in [4.78, 5) is 11.0. The molecule has 0 bridgehead atoms. The molecule has 100 valence electrons. The minimum Gasteiger partial charge on any atom is -0.369 e. The van der Waals surface area contributed by atoms with Gasteiger partial charge in [-0.05, 0) is 19.8 Å². The van der Waals surface area contributed by atoms with Crippen LogP contribution in [0, 0.1) is 0 Å². The summed E-state index contributed by atoms with van der Waals surface area (Å²) >= 11 is 1.25. The third kappa shape index (κ3) is 2.77. The predicted octanol–water partition coefficient (Wildman–Crippen LogP) is 1.01. The normalized spacial score (nSPS) is 18.7. The molecule has 7 heteroatoms. The molecular weight excluding hydrogens is 250 g/mol. The number of hydrogen-bond acceptors (Lipinski definition) is 5. The average molecular weight is 269 g/mol. The van der Waals surface area contributed by atoms with Gasteiger partial charge in [-0.2, -0.15) is 0 Å². The number of aromatic nitrogens is 3. The van der Waals surface area contributed by atoms with E-state index in [0.29, 0.717) is 11.1 Å². The molecule has 1 atom stereocenters. The van der Waals surface area contributed by atoms with E-state index in [2.05, 4.69) is 10.2 Å². The van der Waals surface area contributed by atoms with Crippen LogP contribution in [0.25, 0.3) is 0 Å². The lowest BCUT2D eigenvalue weighted by molar-refractivity contribution is -0.117. The third-order valence-corrected chi connectivity index (χ3v) is 4.42. The van der Waals surface area contributed by atoms with Crippen molar-refractivity contribution < 1.29 is 4.79 Å². The van der Waals surface area contributed by atoms with Gasteiger partial charge in [0.25, 0.3) is 0 Å². The SMILES string of the molecule is CC(Sc1nnc(C2CCCCC2)n1N)C(N)=O. The van der Waals surface area contributed by atoms with Crippen molar-refractivity contribution in [2.45, 2.75) is 55.4 Å². The molecule has 1 heterocycles. The van der Waals surface area contributed by atoms with Crippen LogP contribution in [0.5, 0.6) is 0 Å². The summed E-state index contributed by atoms with van der Waals surface area (Å²) in [6, 6.07) is 0. The fourth-order valence-electron chi connectivity index (χ4n) is 2.22. The van der Waals surface area contributed by atoms with Crippen molar-refractivity contribution in [3.63, 3.8) is 0 Å². The second-order valence-electron chi connectivity index (χ2n) is 4.71. The Bertz CT molecular complexity index is 427. The van der Waals surface area contributed by atoms with E-state index in [4.69, 9.17) is 11.6 Å². The zero-order valence-corrected chi connectivity index (χ0v) is 11.3. The summed E-state index contributed by atoms with van der Waals surface area (Å²) in [5.74, 6) is 6.85. The molecule has 0 aliphatic heterocycles. The van der Waals surface area contributed by atoms with Crippen molar-refractivity contribution in [1.82, 2.24) is 14.9 Å².